The number of halogens is 1. The van der Waals surface area contributed by atoms with Crippen molar-refractivity contribution < 1.29 is 9.18 Å². The highest BCUT2D eigenvalue weighted by molar-refractivity contribution is 5.89. The van der Waals surface area contributed by atoms with Crippen LogP contribution >= 0.6 is 0 Å². The maximum atomic E-state index is 12.9. The van der Waals surface area contributed by atoms with Crippen molar-refractivity contribution in [1.29, 1.82) is 0 Å². The molecule has 0 heterocycles. The molecule has 82 valence electrons. The van der Waals surface area contributed by atoms with Crippen LogP contribution in [0.3, 0.4) is 0 Å². The average molecular weight is 211 g/mol. The average Bonchev–Trinajstić information content (AvgIpc) is 2.20. The van der Waals surface area contributed by atoms with E-state index in [2.05, 4.69) is 10.6 Å². The molecule has 0 fully saturated rings. The van der Waals surface area contributed by atoms with Crippen molar-refractivity contribution in [3.05, 3.63) is 29.6 Å². The number of rotatable bonds is 3. The number of amides is 2. The first-order chi connectivity index (χ1) is 7.13. The number of urea groups is 1. The smallest absolute Gasteiger partial charge is 0.319 e. The summed E-state index contributed by atoms with van der Waals surface area (Å²) in [6.45, 7) is 2.55. The molecule has 0 atom stereocenters. The number of hydrogen-bond acceptors (Lipinski definition) is 2. The van der Waals surface area contributed by atoms with Gasteiger partial charge in [0.2, 0.25) is 0 Å². The summed E-state index contributed by atoms with van der Waals surface area (Å²) in [6.07, 6.45) is 0. The molecular weight excluding hydrogens is 197 g/mol. The third-order valence-corrected chi connectivity index (χ3v) is 1.88. The summed E-state index contributed by atoms with van der Waals surface area (Å²) in [6, 6.07) is 3.85. The summed E-state index contributed by atoms with van der Waals surface area (Å²) in [5, 5.41) is 5.07. The normalized spacial score (nSPS) is 9.80. The third kappa shape index (κ3) is 3.55. The number of hydrogen-bond donors (Lipinski definition) is 3. The highest BCUT2D eigenvalue weighted by Crippen LogP contribution is 2.15. The van der Waals surface area contributed by atoms with E-state index in [4.69, 9.17) is 5.73 Å². The van der Waals surface area contributed by atoms with Gasteiger partial charge in [0.05, 0.1) is 0 Å². The summed E-state index contributed by atoms with van der Waals surface area (Å²) < 4.78 is 12.9. The van der Waals surface area contributed by atoms with E-state index in [0.29, 0.717) is 18.8 Å². The molecule has 0 saturated carbocycles. The molecule has 15 heavy (non-hydrogen) atoms. The van der Waals surface area contributed by atoms with Crippen LogP contribution in [0.25, 0.3) is 0 Å². The Morgan fingerprint density at radius 2 is 2.27 bits per heavy atom. The van der Waals surface area contributed by atoms with Gasteiger partial charge < -0.3 is 16.4 Å². The van der Waals surface area contributed by atoms with E-state index in [1.165, 1.54) is 12.1 Å². The molecule has 4 nitrogen and oxygen atoms in total. The first-order valence-electron chi connectivity index (χ1n) is 4.64. The van der Waals surface area contributed by atoms with Crippen LogP contribution in [0.2, 0.25) is 0 Å². The molecule has 0 bridgehead atoms. The van der Waals surface area contributed by atoms with Crippen molar-refractivity contribution in [3.8, 4) is 0 Å². The number of anilines is 1. The monoisotopic (exact) mass is 211 g/mol. The first kappa shape index (κ1) is 11.5. The second-order valence-corrected chi connectivity index (χ2v) is 3.13. The molecule has 0 aromatic heterocycles. The molecule has 0 aliphatic carbocycles. The quantitative estimate of drug-likeness (QED) is 0.703. The molecule has 0 saturated heterocycles. The van der Waals surface area contributed by atoms with E-state index in [9.17, 15) is 9.18 Å². The Morgan fingerprint density at radius 3 is 2.93 bits per heavy atom. The van der Waals surface area contributed by atoms with Crippen LogP contribution in [0.1, 0.15) is 5.56 Å². The second-order valence-electron chi connectivity index (χ2n) is 3.13. The maximum absolute atomic E-state index is 12.9. The minimum Gasteiger partial charge on any atom is -0.337 e. The van der Waals surface area contributed by atoms with Gasteiger partial charge in [0.25, 0.3) is 0 Å². The molecule has 4 N–H and O–H groups in total. The Balaban J connectivity index is 2.63. The van der Waals surface area contributed by atoms with Gasteiger partial charge in [-0.25, -0.2) is 9.18 Å². The molecule has 1 aromatic carbocycles. The Kier molecular flexibility index (Phi) is 4.05. The van der Waals surface area contributed by atoms with Crippen molar-refractivity contribution >= 4 is 11.7 Å². The van der Waals surface area contributed by atoms with E-state index in [-0.39, 0.29) is 11.8 Å². The number of carbonyl (C=O) groups is 1. The van der Waals surface area contributed by atoms with E-state index in [1.54, 1.807) is 13.0 Å². The topological polar surface area (TPSA) is 67.2 Å². The molecule has 5 heteroatoms. The van der Waals surface area contributed by atoms with Gasteiger partial charge in [0.15, 0.2) is 0 Å². The van der Waals surface area contributed by atoms with Gasteiger partial charge in [-0.15, -0.1) is 0 Å². The number of nitrogens with two attached hydrogens (primary N) is 1. The Labute approximate surface area is 87.7 Å². The van der Waals surface area contributed by atoms with Gasteiger partial charge in [-0.2, -0.15) is 0 Å². The fourth-order valence-corrected chi connectivity index (χ4v) is 1.08. The van der Waals surface area contributed by atoms with Crippen LogP contribution in [-0.4, -0.2) is 19.1 Å². The van der Waals surface area contributed by atoms with Crippen LogP contribution in [0.15, 0.2) is 18.2 Å². The minimum atomic E-state index is -0.380. The van der Waals surface area contributed by atoms with Crippen molar-refractivity contribution in [2.24, 2.45) is 5.73 Å². The molecule has 0 spiro atoms. The Bertz CT molecular complexity index is 355. The van der Waals surface area contributed by atoms with Crippen molar-refractivity contribution in [2.45, 2.75) is 6.92 Å². The number of benzene rings is 1. The van der Waals surface area contributed by atoms with Gasteiger partial charge in [0.1, 0.15) is 5.82 Å². The molecule has 0 aliphatic rings. The van der Waals surface area contributed by atoms with Crippen molar-refractivity contribution in [3.63, 3.8) is 0 Å². The van der Waals surface area contributed by atoms with E-state index < -0.39 is 0 Å². The van der Waals surface area contributed by atoms with Gasteiger partial charge in [-0.1, -0.05) is 6.07 Å². The zero-order valence-corrected chi connectivity index (χ0v) is 8.51. The number of nitrogens with one attached hydrogen (secondary N) is 2. The SMILES string of the molecule is Cc1ccc(F)cc1NC(=O)NCCN. The molecule has 0 aliphatic heterocycles. The van der Waals surface area contributed by atoms with Crippen LogP contribution in [0.5, 0.6) is 0 Å². The summed E-state index contributed by atoms with van der Waals surface area (Å²) in [5.74, 6) is -0.380. The lowest BCUT2D eigenvalue weighted by Crippen LogP contribution is -2.33. The Morgan fingerprint density at radius 1 is 1.53 bits per heavy atom. The van der Waals surface area contributed by atoms with Gasteiger partial charge >= 0.3 is 6.03 Å². The number of carbonyl (C=O) groups excluding carboxylic acids is 1. The third-order valence-electron chi connectivity index (χ3n) is 1.88. The van der Waals surface area contributed by atoms with E-state index in [0.717, 1.165) is 5.56 Å². The summed E-state index contributed by atoms with van der Waals surface area (Å²) >= 11 is 0. The molecule has 0 radical (unpaired) electrons. The first-order valence-corrected chi connectivity index (χ1v) is 4.64. The van der Waals surface area contributed by atoms with E-state index in [1.807, 2.05) is 0 Å². The van der Waals surface area contributed by atoms with Crippen LogP contribution in [-0.2, 0) is 0 Å². The molecule has 1 aromatic rings. The van der Waals surface area contributed by atoms with E-state index >= 15 is 0 Å². The summed E-state index contributed by atoms with van der Waals surface area (Å²) in [7, 11) is 0. The zero-order valence-electron chi connectivity index (χ0n) is 8.51. The van der Waals surface area contributed by atoms with Crippen molar-refractivity contribution in [1.82, 2.24) is 5.32 Å². The maximum Gasteiger partial charge on any atom is 0.319 e. The predicted octanol–water partition coefficient (Wildman–Crippen LogP) is 1.21. The standard InChI is InChI=1S/C10H14FN3O/c1-7-2-3-8(11)6-9(7)14-10(15)13-5-4-12/h2-3,6H,4-5,12H2,1H3,(H2,13,14,15). The van der Waals surface area contributed by atoms with Crippen LogP contribution < -0.4 is 16.4 Å². The van der Waals surface area contributed by atoms with Crippen LogP contribution in [0.4, 0.5) is 14.9 Å². The lowest BCUT2D eigenvalue weighted by Gasteiger charge is -2.09. The fourth-order valence-electron chi connectivity index (χ4n) is 1.08. The molecule has 1 rings (SSSR count). The second kappa shape index (κ2) is 5.31. The predicted molar refractivity (Wildman–Crippen MR) is 57.2 cm³/mol. The highest BCUT2D eigenvalue weighted by Gasteiger charge is 2.04. The number of aryl methyl sites for hydroxylation is 1. The lowest BCUT2D eigenvalue weighted by molar-refractivity contribution is 0.252. The molecular formula is C10H14FN3O. The highest BCUT2D eigenvalue weighted by atomic mass is 19.1. The van der Waals surface area contributed by atoms with Gasteiger partial charge in [0, 0.05) is 18.8 Å². The molecule has 2 amide bonds. The summed E-state index contributed by atoms with van der Waals surface area (Å²) in [4.78, 5) is 11.2. The van der Waals surface area contributed by atoms with Gasteiger partial charge in [-0.3, -0.25) is 0 Å². The largest absolute Gasteiger partial charge is 0.337 e. The summed E-state index contributed by atoms with van der Waals surface area (Å²) in [5.41, 5.74) is 6.49. The lowest BCUT2D eigenvalue weighted by atomic mass is 10.2. The zero-order chi connectivity index (χ0) is 11.3. The Hall–Kier alpha value is -1.62. The van der Waals surface area contributed by atoms with Crippen molar-refractivity contribution in [2.75, 3.05) is 18.4 Å². The molecule has 0 unspecified atom stereocenters. The minimum absolute atomic E-state index is 0.371. The van der Waals surface area contributed by atoms with Crippen LogP contribution in [0, 0.1) is 12.7 Å². The van der Waals surface area contributed by atoms with Gasteiger partial charge in [-0.05, 0) is 24.6 Å². The fraction of sp³-hybridized carbons (Fsp3) is 0.300.